The number of nitrogens with zero attached hydrogens (tertiary/aromatic N) is 4. The summed E-state index contributed by atoms with van der Waals surface area (Å²) in [6.07, 6.45) is 1.91. The molecule has 1 aliphatic carbocycles. The summed E-state index contributed by atoms with van der Waals surface area (Å²) in [5.74, 6) is 2.02. The fourth-order valence-electron chi connectivity index (χ4n) is 10.2. The molecule has 0 atom stereocenters. The molecule has 0 saturated carbocycles. The predicted octanol–water partition coefficient (Wildman–Crippen LogP) is 15.9. The minimum Gasteiger partial charge on any atom is -0.509 e. The first-order chi connectivity index (χ1) is 32.1. The van der Waals surface area contributed by atoms with Crippen LogP contribution in [0.15, 0.2) is 188 Å². The first-order valence-electron chi connectivity index (χ1n) is 22.7. The van der Waals surface area contributed by atoms with Crippen molar-refractivity contribution >= 4 is 44.6 Å². The van der Waals surface area contributed by atoms with Gasteiger partial charge in [0.15, 0.2) is 0 Å². The number of ether oxygens (including phenoxy) is 1. The van der Waals surface area contributed by atoms with E-state index in [1.54, 1.807) is 0 Å². The normalized spacial score (nSPS) is 13.6. The van der Waals surface area contributed by atoms with Crippen molar-refractivity contribution in [2.75, 3.05) is 9.80 Å². The second kappa shape index (κ2) is 16.3. The van der Waals surface area contributed by atoms with Gasteiger partial charge in [-0.1, -0.05) is 173 Å². The Balaban J connectivity index is 0.00000494. The van der Waals surface area contributed by atoms with E-state index >= 15 is 0 Å². The van der Waals surface area contributed by atoms with Crippen molar-refractivity contribution in [1.82, 2.24) is 9.55 Å². The molecule has 0 fully saturated rings. The van der Waals surface area contributed by atoms with Crippen LogP contribution in [0.4, 0.5) is 22.7 Å². The molecule has 0 unspecified atom stereocenters. The molecule has 12 rings (SSSR count). The second-order valence-electron chi connectivity index (χ2n) is 18.9. The van der Waals surface area contributed by atoms with E-state index in [-0.39, 0.29) is 31.9 Å². The van der Waals surface area contributed by atoms with Gasteiger partial charge in [0.05, 0.1) is 0 Å². The fraction of sp³-hybridized carbons (Fsp3) is 0.115. The Morgan fingerprint density at radius 3 is 2.01 bits per heavy atom. The van der Waals surface area contributed by atoms with Gasteiger partial charge in [-0.15, -0.1) is 48.3 Å². The van der Waals surface area contributed by atoms with Gasteiger partial charge in [0.2, 0.25) is 0 Å². The van der Waals surface area contributed by atoms with Crippen molar-refractivity contribution in [3.8, 4) is 50.7 Å². The van der Waals surface area contributed by atoms with Crippen molar-refractivity contribution < 1.29 is 25.8 Å². The van der Waals surface area contributed by atoms with Gasteiger partial charge < -0.3 is 19.1 Å². The number of fused-ring (bicyclic) bond motifs is 7. The number of para-hydroxylation sites is 3. The zero-order valence-corrected chi connectivity index (χ0v) is 40.3. The molecule has 1 aliphatic heterocycles. The van der Waals surface area contributed by atoms with Crippen LogP contribution in [-0.2, 0) is 31.9 Å². The van der Waals surface area contributed by atoms with Gasteiger partial charge in [0.25, 0.3) is 0 Å². The largest absolute Gasteiger partial charge is 0.509 e. The topological polar surface area (TPSA) is 33.5 Å². The Bertz CT molecular complexity index is 3510. The van der Waals surface area contributed by atoms with Crippen LogP contribution >= 0.6 is 0 Å². The second-order valence-corrected chi connectivity index (χ2v) is 18.9. The average molecular weight is 1050 g/mol. The van der Waals surface area contributed by atoms with Crippen LogP contribution in [0.2, 0.25) is 0 Å². The van der Waals surface area contributed by atoms with Gasteiger partial charge in [0.1, 0.15) is 5.82 Å². The maximum atomic E-state index is 6.91. The van der Waals surface area contributed by atoms with Crippen LogP contribution in [0.25, 0.3) is 61.0 Å². The molecule has 6 heteroatoms. The summed E-state index contributed by atoms with van der Waals surface area (Å²) in [5.41, 5.74) is 16.8. The Hall–Kier alpha value is -7.20. The minimum atomic E-state index is -0.157. The summed E-state index contributed by atoms with van der Waals surface area (Å²) >= 11 is 0. The van der Waals surface area contributed by atoms with Gasteiger partial charge in [0, 0.05) is 77.9 Å². The summed E-state index contributed by atoms with van der Waals surface area (Å²) in [5, 5.41) is 2.23. The standard InChI is InChI=1S/C61H47N4O.Pt/c1-60(2,3)42-33-34-62-56(35-42)65-52-28-15-13-26-48(52)57-49(41-21-10-7-11-22-41)37-45(38-55(57)65)66-44-24-18-23-43(36-44)63-39-64(54-30-17-16-29-53(54)63)59-46(40-19-8-6-9-20-40)31-32-51-58(59)47-25-12-14-27-50(47)61(51,4)5;/h6-35,37,39H,1-5H3;/q-3;. The molecule has 330 valence electrons. The molecular weight excluding hydrogens is 1000 g/mol. The molecule has 5 nitrogen and oxygen atoms in total. The summed E-state index contributed by atoms with van der Waals surface area (Å²) in [6, 6.07) is 72.0. The number of hydrogen-bond donors (Lipinski definition) is 0. The number of rotatable bonds is 7. The number of pyridine rings is 1. The maximum Gasteiger partial charge on any atom is 0.135 e. The van der Waals surface area contributed by atoms with Crippen LogP contribution in [0, 0.1) is 18.8 Å². The zero-order valence-electron chi connectivity index (χ0n) is 38.0. The molecule has 10 aromatic rings. The van der Waals surface area contributed by atoms with Crippen LogP contribution in [0.5, 0.6) is 11.5 Å². The Kier molecular flexibility index (Phi) is 10.3. The monoisotopic (exact) mass is 1050 g/mol. The van der Waals surface area contributed by atoms with Crippen molar-refractivity contribution in [2.45, 2.75) is 45.4 Å². The molecule has 0 spiro atoms. The van der Waals surface area contributed by atoms with Crippen molar-refractivity contribution in [2.24, 2.45) is 0 Å². The van der Waals surface area contributed by atoms with Gasteiger partial charge in [-0.2, -0.15) is 6.07 Å². The summed E-state index contributed by atoms with van der Waals surface area (Å²) < 4.78 is 9.14. The van der Waals surface area contributed by atoms with Crippen LogP contribution in [0.1, 0.15) is 51.3 Å². The third-order valence-corrected chi connectivity index (χ3v) is 13.5. The first kappa shape index (κ1) is 42.4. The van der Waals surface area contributed by atoms with Crippen molar-refractivity contribution in [3.63, 3.8) is 0 Å². The number of hydrogen-bond acceptors (Lipinski definition) is 4. The van der Waals surface area contributed by atoms with Crippen molar-refractivity contribution in [1.29, 1.82) is 0 Å². The Labute approximate surface area is 407 Å². The molecule has 67 heavy (non-hydrogen) atoms. The predicted molar refractivity (Wildman–Crippen MR) is 271 cm³/mol. The molecule has 0 N–H and O–H groups in total. The molecule has 0 bridgehead atoms. The van der Waals surface area contributed by atoms with E-state index in [1.807, 2.05) is 18.3 Å². The molecular formula is C61H47N4OPt-3. The Morgan fingerprint density at radius 1 is 0.582 bits per heavy atom. The van der Waals surface area contributed by atoms with E-state index in [9.17, 15) is 0 Å². The summed E-state index contributed by atoms with van der Waals surface area (Å²) in [7, 11) is 0. The molecule has 3 heterocycles. The van der Waals surface area contributed by atoms with Gasteiger partial charge in [-0.05, 0) is 74.5 Å². The van der Waals surface area contributed by atoms with Gasteiger partial charge >= 0.3 is 0 Å². The smallest absolute Gasteiger partial charge is 0.135 e. The van der Waals surface area contributed by atoms with Crippen LogP contribution < -0.4 is 14.5 Å². The fourth-order valence-corrected chi connectivity index (χ4v) is 10.2. The van der Waals surface area contributed by atoms with E-state index in [2.05, 4.69) is 238 Å². The van der Waals surface area contributed by atoms with Gasteiger partial charge in [-0.3, -0.25) is 0 Å². The van der Waals surface area contributed by atoms with E-state index in [1.165, 1.54) is 38.9 Å². The summed E-state index contributed by atoms with van der Waals surface area (Å²) in [6.45, 7) is 13.6. The van der Waals surface area contributed by atoms with E-state index in [0.29, 0.717) is 11.5 Å². The van der Waals surface area contributed by atoms with Crippen LogP contribution in [0.3, 0.4) is 0 Å². The van der Waals surface area contributed by atoms with Crippen molar-refractivity contribution in [3.05, 3.63) is 224 Å². The summed E-state index contributed by atoms with van der Waals surface area (Å²) in [4.78, 5) is 9.57. The molecule has 8 aromatic carbocycles. The molecule has 0 saturated heterocycles. The maximum absolute atomic E-state index is 6.91. The molecule has 2 aliphatic rings. The van der Waals surface area contributed by atoms with E-state index in [0.717, 1.165) is 61.5 Å². The molecule has 0 radical (unpaired) electrons. The zero-order chi connectivity index (χ0) is 44.7. The first-order valence-corrected chi connectivity index (χ1v) is 22.7. The third-order valence-electron chi connectivity index (χ3n) is 13.5. The minimum absolute atomic E-state index is 0. The van der Waals surface area contributed by atoms with E-state index < -0.39 is 0 Å². The van der Waals surface area contributed by atoms with E-state index in [4.69, 9.17) is 9.72 Å². The number of anilines is 4. The molecule has 0 amide bonds. The van der Waals surface area contributed by atoms with Crippen LogP contribution in [-0.4, -0.2) is 9.55 Å². The SMILES string of the molecule is CC(C)(C)c1ccnc(-n2c3[c-]c(Oc4[c-]c(N5[CH-]N(c6c(-c7ccccc7)ccc7c6-c6ccccc6C7(C)C)c6ccccc65)ccc4)cc(-c4ccccc4)c3c3ccccc32)c1.[Pt]. The Morgan fingerprint density at radius 2 is 1.25 bits per heavy atom. The number of aromatic nitrogens is 2. The van der Waals surface area contributed by atoms with Gasteiger partial charge in [-0.25, -0.2) is 4.98 Å². The third kappa shape index (κ3) is 6.98. The quantitative estimate of drug-likeness (QED) is 0.149. The average Bonchev–Trinajstić information content (AvgIpc) is 3.97. The number of benzene rings is 8. The molecule has 2 aromatic heterocycles.